The Kier molecular flexibility index (Phi) is 5.77. The molecule has 8 heteroatoms. The van der Waals surface area contributed by atoms with E-state index in [9.17, 15) is 4.79 Å². The number of urea groups is 1. The number of rotatable bonds is 6. The molecule has 3 rings (SSSR count). The van der Waals surface area contributed by atoms with Crippen molar-refractivity contribution in [2.45, 2.75) is 6.92 Å². The second-order valence-corrected chi connectivity index (χ2v) is 6.46. The minimum Gasteiger partial charge on any atom is -0.369 e. The van der Waals surface area contributed by atoms with E-state index in [1.54, 1.807) is 12.4 Å². The van der Waals surface area contributed by atoms with Crippen LogP contribution in [0.1, 0.15) is 5.69 Å². The normalized spacial score (nSPS) is 10.8. The molecule has 27 heavy (non-hydrogen) atoms. The first-order valence-corrected chi connectivity index (χ1v) is 8.66. The molecule has 0 fully saturated rings. The monoisotopic (exact) mass is 365 g/mol. The third kappa shape index (κ3) is 5.35. The van der Waals surface area contributed by atoms with Crippen LogP contribution >= 0.6 is 0 Å². The van der Waals surface area contributed by atoms with Crippen LogP contribution in [-0.2, 0) is 0 Å². The average Bonchev–Trinajstić information content (AvgIpc) is 2.60. The van der Waals surface area contributed by atoms with E-state index >= 15 is 0 Å². The fourth-order valence-corrected chi connectivity index (χ4v) is 2.55. The third-order valence-electron chi connectivity index (χ3n) is 3.84. The maximum absolute atomic E-state index is 12.3. The predicted molar refractivity (Wildman–Crippen MR) is 108 cm³/mol. The number of aryl methyl sites for hydroxylation is 1. The molecule has 3 N–H and O–H groups in total. The fraction of sp³-hybridized carbons (Fsp3) is 0.263. The van der Waals surface area contributed by atoms with Gasteiger partial charge in [0.1, 0.15) is 5.82 Å². The van der Waals surface area contributed by atoms with E-state index in [2.05, 4.69) is 35.8 Å². The van der Waals surface area contributed by atoms with E-state index in [0.717, 1.165) is 29.6 Å². The van der Waals surface area contributed by atoms with Gasteiger partial charge >= 0.3 is 6.03 Å². The Morgan fingerprint density at radius 3 is 2.74 bits per heavy atom. The molecule has 1 aromatic carbocycles. The van der Waals surface area contributed by atoms with Gasteiger partial charge in [0, 0.05) is 48.3 Å². The van der Waals surface area contributed by atoms with Gasteiger partial charge in [-0.05, 0) is 44.6 Å². The zero-order valence-corrected chi connectivity index (χ0v) is 15.7. The van der Waals surface area contributed by atoms with E-state index in [0.29, 0.717) is 11.5 Å². The molecule has 8 nitrogen and oxygen atoms in total. The second kappa shape index (κ2) is 8.41. The summed E-state index contributed by atoms with van der Waals surface area (Å²) >= 11 is 0. The molecule has 2 heterocycles. The largest absolute Gasteiger partial charge is 0.369 e. The number of likely N-dealkylation sites (N-methyl/N-ethyl adjacent to an activating group) is 1. The van der Waals surface area contributed by atoms with Crippen LogP contribution in [0.25, 0.3) is 10.8 Å². The zero-order chi connectivity index (χ0) is 19.2. The van der Waals surface area contributed by atoms with Crippen LogP contribution in [0.2, 0.25) is 0 Å². The maximum Gasteiger partial charge on any atom is 0.326 e. The standard InChI is InChI=1S/C19H23N7O/c1-13-10-17(21-8-9-26(2)3)24-18(22-13)25-19(27)23-16-5-4-14-6-7-20-12-15(14)11-16/h4-7,10-12H,8-9H2,1-3H3,(H3,21,22,23,24,25,27). The first-order valence-electron chi connectivity index (χ1n) is 8.66. The van der Waals surface area contributed by atoms with Crippen LogP contribution in [0.4, 0.5) is 22.2 Å². The highest BCUT2D eigenvalue weighted by molar-refractivity contribution is 6.00. The SMILES string of the molecule is Cc1cc(NCCN(C)C)nc(NC(=O)Nc2ccc3ccncc3c2)n1. The Morgan fingerprint density at radius 2 is 1.93 bits per heavy atom. The van der Waals surface area contributed by atoms with Crippen LogP contribution in [0, 0.1) is 6.92 Å². The number of fused-ring (bicyclic) bond motifs is 1. The number of anilines is 3. The minimum atomic E-state index is -0.400. The summed E-state index contributed by atoms with van der Waals surface area (Å²) in [6, 6.07) is 9.01. The van der Waals surface area contributed by atoms with Crippen LogP contribution in [0.15, 0.2) is 42.7 Å². The summed E-state index contributed by atoms with van der Waals surface area (Å²) in [5.41, 5.74) is 1.44. The zero-order valence-electron chi connectivity index (χ0n) is 15.7. The summed E-state index contributed by atoms with van der Waals surface area (Å²) < 4.78 is 0. The molecule has 0 saturated heterocycles. The summed E-state index contributed by atoms with van der Waals surface area (Å²) in [4.78, 5) is 27.1. The van der Waals surface area contributed by atoms with Crippen LogP contribution in [0.5, 0.6) is 0 Å². The van der Waals surface area contributed by atoms with Crippen molar-refractivity contribution in [2.75, 3.05) is 43.1 Å². The van der Waals surface area contributed by atoms with Gasteiger partial charge in [-0.2, -0.15) is 4.98 Å². The van der Waals surface area contributed by atoms with Crippen LogP contribution < -0.4 is 16.0 Å². The van der Waals surface area contributed by atoms with Gasteiger partial charge in [0.2, 0.25) is 5.95 Å². The lowest BCUT2D eigenvalue weighted by Gasteiger charge is -2.12. The molecule has 0 saturated carbocycles. The number of nitrogens with one attached hydrogen (secondary N) is 3. The Morgan fingerprint density at radius 1 is 1.07 bits per heavy atom. The molecule has 0 atom stereocenters. The van der Waals surface area contributed by atoms with Crippen LogP contribution in [0.3, 0.4) is 0 Å². The van der Waals surface area contributed by atoms with Gasteiger partial charge in [0.15, 0.2) is 0 Å². The number of carbonyl (C=O) groups is 1. The highest BCUT2D eigenvalue weighted by Crippen LogP contribution is 2.18. The molecule has 2 amide bonds. The lowest BCUT2D eigenvalue weighted by molar-refractivity contribution is 0.262. The summed E-state index contributed by atoms with van der Waals surface area (Å²) in [6.45, 7) is 3.49. The molecule has 0 aliphatic heterocycles. The number of pyridine rings is 1. The van der Waals surface area contributed by atoms with Crippen LogP contribution in [-0.4, -0.2) is 53.1 Å². The molecular weight excluding hydrogens is 342 g/mol. The minimum absolute atomic E-state index is 0.252. The van der Waals surface area contributed by atoms with Crippen molar-refractivity contribution >= 4 is 34.3 Å². The van der Waals surface area contributed by atoms with Crippen molar-refractivity contribution in [1.29, 1.82) is 0 Å². The Hall–Kier alpha value is -3.26. The predicted octanol–water partition coefficient (Wildman–Crippen LogP) is 2.95. The number of benzene rings is 1. The van der Waals surface area contributed by atoms with Gasteiger partial charge in [-0.3, -0.25) is 10.3 Å². The first-order chi connectivity index (χ1) is 13.0. The van der Waals surface area contributed by atoms with Gasteiger partial charge in [0.25, 0.3) is 0 Å². The van der Waals surface area contributed by atoms with Gasteiger partial charge in [-0.25, -0.2) is 9.78 Å². The highest BCUT2D eigenvalue weighted by atomic mass is 16.2. The molecule has 0 aliphatic carbocycles. The Balaban J connectivity index is 1.64. The summed E-state index contributed by atoms with van der Waals surface area (Å²) in [5, 5.41) is 10.7. The molecule has 0 aliphatic rings. The quantitative estimate of drug-likeness (QED) is 0.622. The summed E-state index contributed by atoms with van der Waals surface area (Å²) in [5.74, 6) is 0.929. The number of hydrogen-bond acceptors (Lipinski definition) is 6. The Labute approximate surface area is 158 Å². The Bertz CT molecular complexity index is 942. The molecule has 0 radical (unpaired) electrons. The smallest absolute Gasteiger partial charge is 0.326 e. The van der Waals surface area contributed by atoms with Gasteiger partial charge in [0.05, 0.1) is 0 Å². The summed E-state index contributed by atoms with van der Waals surface area (Å²) in [6.07, 6.45) is 3.50. The van der Waals surface area contributed by atoms with Gasteiger partial charge in [-0.1, -0.05) is 6.07 Å². The first kappa shape index (κ1) is 18.5. The molecule has 140 valence electrons. The van der Waals surface area contributed by atoms with Crippen molar-refractivity contribution < 1.29 is 4.79 Å². The average molecular weight is 365 g/mol. The lowest BCUT2D eigenvalue weighted by Crippen LogP contribution is -2.23. The fourth-order valence-electron chi connectivity index (χ4n) is 2.55. The van der Waals surface area contributed by atoms with E-state index in [-0.39, 0.29) is 5.95 Å². The van der Waals surface area contributed by atoms with E-state index in [1.807, 2.05) is 51.4 Å². The van der Waals surface area contributed by atoms with E-state index in [4.69, 9.17) is 0 Å². The number of carbonyl (C=O) groups excluding carboxylic acids is 1. The second-order valence-electron chi connectivity index (χ2n) is 6.46. The molecule has 0 unspecified atom stereocenters. The van der Waals surface area contributed by atoms with Gasteiger partial charge < -0.3 is 15.5 Å². The topological polar surface area (TPSA) is 95.1 Å². The molecule has 2 aromatic heterocycles. The molecule has 0 bridgehead atoms. The number of amides is 2. The molecule has 3 aromatic rings. The van der Waals surface area contributed by atoms with Crippen molar-refractivity contribution in [3.05, 3.63) is 48.4 Å². The molecular formula is C19H23N7O. The van der Waals surface area contributed by atoms with Crippen molar-refractivity contribution in [3.8, 4) is 0 Å². The highest BCUT2D eigenvalue weighted by Gasteiger charge is 2.08. The van der Waals surface area contributed by atoms with Crippen molar-refractivity contribution in [1.82, 2.24) is 19.9 Å². The third-order valence-corrected chi connectivity index (χ3v) is 3.84. The number of nitrogens with zero attached hydrogens (tertiary/aromatic N) is 4. The van der Waals surface area contributed by atoms with Gasteiger partial charge in [-0.15, -0.1) is 0 Å². The number of aromatic nitrogens is 3. The number of hydrogen-bond donors (Lipinski definition) is 3. The van der Waals surface area contributed by atoms with E-state index in [1.165, 1.54) is 0 Å². The lowest BCUT2D eigenvalue weighted by atomic mass is 10.1. The maximum atomic E-state index is 12.3. The van der Waals surface area contributed by atoms with Crippen molar-refractivity contribution in [3.63, 3.8) is 0 Å². The van der Waals surface area contributed by atoms with E-state index < -0.39 is 6.03 Å². The molecule has 0 spiro atoms. The summed E-state index contributed by atoms with van der Waals surface area (Å²) in [7, 11) is 4.01. The van der Waals surface area contributed by atoms with Crippen molar-refractivity contribution in [2.24, 2.45) is 0 Å².